The summed E-state index contributed by atoms with van der Waals surface area (Å²) in [6.07, 6.45) is 2.38. The summed E-state index contributed by atoms with van der Waals surface area (Å²) in [5.74, 6) is 0.368. The van der Waals surface area contributed by atoms with Gasteiger partial charge in [-0.15, -0.1) is 11.3 Å². The molecule has 0 atom stereocenters. The quantitative estimate of drug-likeness (QED) is 0.715. The highest BCUT2D eigenvalue weighted by Gasteiger charge is 2.17. The van der Waals surface area contributed by atoms with Crippen LogP contribution in [0.3, 0.4) is 0 Å². The van der Waals surface area contributed by atoms with Crippen molar-refractivity contribution >= 4 is 34.1 Å². The molecule has 25 heavy (non-hydrogen) atoms. The van der Waals surface area contributed by atoms with Crippen molar-refractivity contribution in [1.82, 2.24) is 9.55 Å². The van der Waals surface area contributed by atoms with Crippen LogP contribution in [0.5, 0.6) is 0 Å². The maximum Gasteiger partial charge on any atom is 0.226 e. The zero-order valence-corrected chi connectivity index (χ0v) is 15.7. The molecule has 0 aliphatic heterocycles. The predicted octanol–water partition coefficient (Wildman–Crippen LogP) is 4.97. The molecular weight excluding hydrogens is 337 g/mol. The van der Waals surface area contributed by atoms with E-state index < -0.39 is 0 Å². The van der Waals surface area contributed by atoms with Crippen LogP contribution in [-0.4, -0.2) is 15.5 Å². The van der Waals surface area contributed by atoms with Crippen molar-refractivity contribution in [1.29, 1.82) is 0 Å². The highest BCUT2D eigenvalue weighted by atomic mass is 32.1. The second kappa shape index (κ2) is 6.59. The molecule has 3 rings (SSSR count). The van der Waals surface area contributed by atoms with Crippen molar-refractivity contribution < 1.29 is 9.18 Å². The summed E-state index contributed by atoms with van der Waals surface area (Å²) >= 11 is 1.40. The number of nitrogens with zero attached hydrogens (tertiary/aromatic N) is 2. The molecule has 0 saturated carbocycles. The van der Waals surface area contributed by atoms with E-state index in [0.29, 0.717) is 18.8 Å². The van der Waals surface area contributed by atoms with E-state index in [9.17, 15) is 9.18 Å². The second-order valence-corrected chi connectivity index (χ2v) is 8.51. The van der Waals surface area contributed by atoms with E-state index >= 15 is 0 Å². The highest BCUT2D eigenvalue weighted by molar-refractivity contribution is 7.09. The highest BCUT2D eigenvalue weighted by Crippen LogP contribution is 2.25. The number of aryl methyl sites for hydroxylation is 1. The molecule has 0 saturated heterocycles. The average molecular weight is 359 g/mol. The molecule has 0 radical (unpaired) electrons. The Balaban J connectivity index is 1.84. The van der Waals surface area contributed by atoms with Crippen LogP contribution in [0.2, 0.25) is 0 Å². The molecule has 3 heterocycles. The van der Waals surface area contributed by atoms with Gasteiger partial charge in [0.25, 0.3) is 0 Å². The first-order valence-electron chi connectivity index (χ1n) is 8.20. The van der Waals surface area contributed by atoms with Crippen LogP contribution in [0.15, 0.2) is 29.8 Å². The minimum Gasteiger partial charge on any atom is -0.341 e. The number of pyridine rings is 1. The van der Waals surface area contributed by atoms with Crippen molar-refractivity contribution in [3.05, 3.63) is 46.0 Å². The normalized spacial score (nSPS) is 11.9. The lowest BCUT2D eigenvalue weighted by molar-refractivity contribution is -0.117. The van der Waals surface area contributed by atoms with Crippen LogP contribution in [0.4, 0.5) is 10.2 Å². The Morgan fingerprint density at radius 1 is 1.36 bits per heavy atom. The van der Waals surface area contributed by atoms with E-state index in [4.69, 9.17) is 0 Å². The van der Waals surface area contributed by atoms with Crippen LogP contribution in [0.1, 0.15) is 37.6 Å². The van der Waals surface area contributed by atoms with Gasteiger partial charge < -0.3 is 9.88 Å². The fraction of sp³-hybridized carbons (Fsp3) is 0.368. The lowest BCUT2D eigenvalue weighted by atomic mass is 9.92. The first kappa shape index (κ1) is 17.6. The Morgan fingerprint density at radius 2 is 2.12 bits per heavy atom. The summed E-state index contributed by atoms with van der Waals surface area (Å²) in [5.41, 5.74) is 2.63. The van der Waals surface area contributed by atoms with Gasteiger partial charge in [-0.05, 0) is 36.1 Å². The molecule has 4 nitrogen and oxygen atoms in total. The minimum absolute atomic E-state index is 0.0315. The van der Waals surface area contributed by atoms with E-state index in [1.165, 1.54) is 16.7 Å². The average Bonchev–Trinajstić information content (AvgIpc) is 3.05. The molecule has 3 aromatic rings. The maximum atomic E-state index is 13.2. The molecule has 1 amide bonds. The summed E-state index contributed by atoms with van der Waals surface area (Å²) in [7, 11) is 0. The third-order valence-electron chi connectivity index (χ3n) is 3.84. The number of fused-ring (bicyclic) bond motifs is 1. The zero-order valence-electron chi connectivity index (χ0n) is 14.9. The van der Waals surface area contributed by atoms with E-state index in [-0.39, 0.29) is 17.1 Å². The lowest BCUT2D eigenvalue weighted by Gasteiger charge is -2.17. The van der Waals surface area contributed by atoms with Gasteiger partial charge in [0.1, 0.15) is 11.6 Å². The predicted molar refractivity (Wildman–Crippen MR) is 101 cm³/mol. The van der Waals surface area contributed by atoms with Crippen LogP contribution >= 0.6 is 11.3 Å². The van der Waals surface area contributed by atoms with Crippen LogP contribution < -0.4 is 5.32 Å². The number of aromatic nitrogens is 2. The molecule has 132 valence electrons. The van der Waals surface area contributed by atoms with Crippen LogP contribution in [-0.2, 0) is 11.3 Å². The fourth-order valence-corrected chi connectivity index (χ4v) is 3.46. The Kier molecular flexibility index (Phi) is 4.64. The molecule has 3 aromatic heterocycles. The monoisotopic (exact) mass is 359 g/mol. The lowest BCUT2D eigenvalue weighted by Crippen LogP contribution is -2.20. The SMILES string of the molecule is Cc1cc2c(ccn2Cc2cc(F)cs2)nc1NC(=O)CC(C)(C)C. The summed E-state index contributed by atoms with van der Waals surface area (Å²) in [4.78, 5) is 17.7. The number of rotatable bonds is 4. The smallest absolute Gasteiger partial charge is 0.226 e. The summed E-state index contributed by atoms with van der Waals surface area (Å²) in [6.45, 7) is 8.63. The standard InChI is InChI=1S/C19H22FN3OS/c1-12-7-16-15(21-18(12)22-17(24)9-19(2,3)4)5-6-23(16)10-14-8-13(20)11-25-14/h5-8,11H,9-10H2,1-4H3,(H,21,22,24). The molecule has 0 spiro atoms. The molecule has 0 aromatic carbocycles. The molecule has 0 fully saturated rings. The number of hydrogen-bond donors (Lipinski definition) is 1. The van der Waals surface area contributed by atoms with Crippen LogP contribution in [0.25, 0.3) is 11.0 Å². The summed E-state index contributed by atoms with van der Waals surface area (Å²) in [5, 5.41) is 4.42. The summed E-state index contributed by atoms with van der Waals surface area (Å²) in [6, 6.07) is 5.48. The topological polar surface area (TPSA) is 46.9 Å². The Labute approximate surface area is 150 Å². The molecule has 0 aliphatic carbocycles. The largest absolute Gasteiger partial charge is 0.341 e. The van der Waals surface area contributed by atoms with Gasteiger partial charge in [-0.1, -0.05) is 20.8 Å². The van der Waals surface area contributed by atoms with Crippen molar-refractivity contribution in [2.45, 2.75) is 40.7 Å². The van der Waals surface area contributed by atoms with Gasteiger partial charge in [0.05, 0.1) is 17.6 Å². The number of anilines is 1. The molecule has 0 aliphatic rings. The van der Waals surface area contributed by atoms with Gasteiger partial charge in [0, 0.05) is 22.9 Å². The van der Waals surface area contributed by atoms with Gasteiger partial charge in [-0.2, -0.15) is 0 Å². The molecule has 0 unspecified atom stereocenters. The molecule has 1 N–H and O–H groups in total. The number of carbonyl (C=O) groups is 1. The number of amides is 1. The van der Waals surface area contributed by atoms with Crippen molar-refractivity contribution in [3.8, 4) is 0 Å². The van der Waals surface area contributed by atoms with Crippen molar-refractivity contribution in [3.63, 3.8) is 0 Å². The van der Waals surface area contributed by atoms with E-state index in [1.807, 2.05) is 50.6 Å². The molecule has 0 bridgehead atoms. The van der Waals surface area contributed by atoms with E-state index in [1.54, 1.807) is 6.07 Å². The van der Waals surface area contributed by atoms with E-state index in [0.717, 1.165) is 21.5 Å². The van der Waals surface area contributed by atoms with Gasteiger partial charge in [0.15, 0.2) is 0 Å². The first-order chi connectivity index (χ1) is 11.7. The maximum absolute atomic E-state index is 13.2. The first-order valence-corrected chi connectivity index (χ1v) is 9.08. The third-order valence-corrected chi connectivity index (χ3v) is 4.73. The van der Waals surface area contributed by atoms with Gasteiger partial charge in [-0.25, -0.2) is 9.37 Å². The van der Waals surface area contributed by atoms with Gasteiger partial charge in [0.2, 0.25) is 5.91 Å². The Hall–Kier alpha value is -2.21. The van der Waals surface area contributed by atoms with Crippen molar-refractivity contribution in [2.24, 2.45) is 5.41 Å². The Bertz CT molecular complexity index is 921. The number of nitrogens with one attached hydrogen (secondary N) is 1. The Morgan fingerprint density at radius 3 is 2.76 bits per heavy atom. The van der Waals surface area contributed by atoms with Crippen LogP contribution in [0, 0.1) is 18.2 Å². The number of thiophene rings is 1. The number of carbonyl (C=O) groups excluding carboxylic acids is 1. The summed E-state index contributed by atoms with van der Waals surface area (Å²) < 4.78 is 15.2. The van der Waals surface area contributed by atoms with Gasteiger partial charge in [-0.3, -0.25) is 4.79 Å². The second-order valence-electron chi connectivity index (χ2n) is 7.52. The fourth-order valence-electron chi connectivity index (χ4n) is 2.73. The minimum atomic E-state index is -0.199. The van der Waals surface area contributed by atoms with Gasteiger partial charge >= 0.3 is 0 Å². The zero-order chi connectivity index (χ0) is 18.2. The molecule has 6 heteroatoms. The van der Waals surface area contributed by atoms with Crippen molar-refractivity contribution in [2.75, 3.05) is 5.32 Å². The van der Waals surface area contributed by atoms with E-state index in [2.05, 4.69) is 10.3 Å². The third kappa shape index (κ3) is 4.25. The molecular formula is C19H22FN3OS. The number of hydrogen-bond acceptors (Lipinski definition) is 3. The number of halogens is 1.